The van der Waals surface area contributed by atoms with Gasteiger partial charge in [0.15, 0.2) is 11.5 Å². The number of H-pyrrole nitrogens is 1. The Balaban J connectivity index is 1.58. The minimum absolute atomic E-state index is 0.00448. The molecule has 0 fully saturated rings. The molecule has 1 heterocycles. The lowest BCUT2D eigenvalue weighted by Gasteiger charge is -2.16. The Kier molecular flexibility index (Phi) is 5.66. The van der Waals surface area contributed by atoms with E-state index in [0.29, 0.717) is 12.0 Å². The largest absolute Gasteiger partial charge is 0.504 e. The molecule has 0 aliphatic carbocycles. The molecule has 2 atom stereocenters. The summed E-state index contributed by atoms with van der Waals surface area (Å²) in [5.74, 6) is -0.0637. The highest BCUT2D eigenvalue weighted by atomic mass is 16.5. The summed E-state index contributed by atoms with van der Waals surface area (Å²) < 4.78 is 5.04. The van der Waals surface area contributed by atoms with Crippen molar-refractivity contribution in [1.82, 2.24) is 10.3 Å². The summed E-state index contributed by atoms with van der Waals surface area (Å²) in [7, 11) is 1.44. The monoisotopic (exact) mass is 368 g/mol. The number of hydrogen-bond donors (Lipinski definition) is 4. The fourth-order valence-corrected chi connectivity index (χ4v) is 3.11. The van der Waals surface area contributed by atoms with Crippen LogP contribution in [0.3, 0.4) is 0 Å². The highest BCUT2D eigenvalue weighted by Gasteiger charge is 2.18. The zero-order valence-corrected chi connectivity index (χ0v) is 15.4. The van der Waals surface area contributed by atoms with E-state index in [1.165, 1.54) is 13.2 Å². The third kappa shape index (κ3) is 4.23. The number of phenols is 1. The van der Waals surface area contributed by atoms with Gasteiger partial charge in [0.25, 0.3) is 0 Å². The van der Waals surface area contributed by atoms with E-state index in [4.69, 9.17) is 4.74 Å². The average molecular weight is 368 g/mol. The van der Waals surface area contributed by atoms with E-state index in [2.05, 4.69) is 10.3 Å². The molecule has 2 unspecified atom stereocenters. The SMILES string of the molecule is COc1cc(C(O)CNC(=O)C(C)Cc2c[nH]c3ccccc23)ccc1O. The van der Waals surface area contributed by atoms with E-state index in [1.54, 1.807) is 12.1 Å². The molecule has 2 aromatic carbocycles. The van der Waals surface area contributed by atoms with Crippen LogP contribution in [0.15, 0.2) is 48.7 Å². The fraction of sp³-hybridized carbons (Fsp3) is 0.286. The first-order valence-electron chi connectivity index (χ1n) is 8.87. The van der Waals surface area contributed by atoms with Gasteiger partial charge in [-0.2, -0.15) is 0 Å². The summed E-state index contributed by atoms with van der Waals surface area (Å²) in [5, 5.41) is 23.8. The lowest BCUT2D eigenvalue weighted by Crippen LogP contribution is -2.33. The molecule has 0 aliphatic heterocycles. The minimum Gasteiger partial charge on any atom is -0.504 e. The number of aliphatic hydroxyl groups is 1. The van der Waals surface area contributed by atoms with Crippen LogP contribution >= 0.6 is 0 Å². The number of nitrogens with one attached hydrogen (secondary N) is 2. The number of ether oxygens (including phenoxy) is 1. The molecule has 1 aromatic heterocycles. The van der Waals surface area contributed by atoms with Crippen LogP contribution in [-0.2, 0) is 11.2 Å². The Bertz CT molecular complexity index is 935. The summed E-state index contributed by atoms with van der Waals surface area (Å²) in [4.78, 5) is 15.6. The van der Waals surface area contributed by atoms with E-state index in [-0.39, 0.29) is 29.9 Å². The molecule has 6 nitrogen and oxygen atoms in total. The van der Waals surface area contributed by atoms with Crippen LogP contribution < -0.4 is 10.1 Å². The second-order valence-corrected chi connectivity index (χ2v) is 6.66. The highest BCUT2D eigenvalue weighted by Crippen LogP contribution is 2.28. The van der Waals surface area contributed by atoms with Crippen molar-refractivity contribution >= 4 is 16.8 Å². The van der Waals surface area contributed by atoms with Crippen LogP contribution in [0.25, 0.3) is 10.9 Å². The zero-order valence-electron chi connectivity index (χ0n) is 15.4. The molecule has 1 amide bonds. The smallest absolute Gasteiger partial charge is 0.223 e. The first-order chi connectivity index (χ1) is 13.0. The molecule has 0 aliphatic rings. The van der Waals surface area contributed by atoms with Gasteiger partial charge in [0.2, 0.25) is 5.91 Å². The van der Waals surface area contributed by atoms with Gasteiger partial charge in [0.05, 0.1) is 13.2 Å². The van der Waals surface area contributed by atoms with Crippen LogP contribution in [0.1, 0.15) is 24.2 Å². The minimum atomic E-state index is -0.885. The number of phenolic OH excluding ortho intramolecular Hbond substituents is 1. The van der Waals surface area contributed by atoms with Gasteiger partial charge < -0.3 is 25.3 Å². The summed E-state index contributed by atoms with van der Waals surface area (Å²) in [6, 6.07) is 12.6. The Labute approximate surface area is 157 Å². The summed E-state index contributed by atoms with van der Waals surface area (Å²) >= 11 is 0. The number of hydrogen-bond acceptors (Lipinski definition) is 4. The van der Waals surface area contributed by atoms with Crippen molar-refractivity contribution < 1.29 is 19.7 Å². The van der Waals surface area contributed by atoms with Crippen LogP contribution in [0.5, 0.6) is 11.5 Å². The number of aromatic amines is 1. The number of aliphatic hydroxyl groups excluding tert-OH is 1. The van der Waals surface area contributed by atoms with Crippen molar-refractivity contribution in [3.8, 4) is 11.5 Å². The first kappa shape index (κ1) is 18.8. The van der Waals surface area contributed by atoms with Crippen molar-refractivity contribution in [1.29, 1.82) is 0 Å². The molecule has 0 radical (unpaired) electrons. The van der Waals surface area contributed by atoms with Crippen molar-refractivity contribution in [3.63, 3.8) is 0 Å². The molecule has 6 heteroatoms. The maximum absolute atomic E-state index is 12.4. The number of amides is 1. The maximum Gasteiger partial charge on any atom is 0.223 e. The molecule has 0 saturated heterocycles. The Hall–Kier alpha value is -2.99. The van der Waals surface area contributed by atoms with Crippen molar-refractivity contribution in [2.45, 2.75) is 19.4 Å². The van der Waals surface area contributed by atoms with Gasteiger partial charge in [-0.1, -0.05) is 31.2 Å². The van der Waals surface area contributed by atoms with E-state index < -0.39 is 6.10 Å². The second kappa shape index (κ2) is 8.14. The number of carbonyl (C=O) groups is 1. The Morgan fingerprint density at radius 3 is 2.81 bits per heavy atom. The number of carbonyl (C=O) groups excluding carboxylic acids is 1. The first-order valence-corrected chi connectivity index (χ1v) is 8.87. The van der Waals surface area contributed by atoms with Crippen molar-refractivity contribution in [3.05, 3.63) is 59.8 Å². The van der Waals surface area contributed by atoms with Gasteiger partial charge in [-0.15, -0.1) is 0 Å². The van der Waals surface area contributed by atoms with E-state index in [1.807, 2.05) is 37.4 Å². The van der Waals surface area contributed by atoms with Gasteiger partial charge in [-0.25, -0.2) is 0 Å². The molecule has 27 heavy (non-hydrogen) atoms. The van der Waals surface area contributed by atoms with E-state index in [9.17, 15) is 15.0 Å². The fourth-order valence-electron chi connectivity index (χ4n) is 3.11. The van der Waals surface area contributed by atoms with Gasteiger partial charge in [-0.05, 0) is 35.7 Å². The van der Waals surface area contributed by atoms with Crippen LogP contribution in [0.2, 0.25) is 0 Å². The molecule has 0 bridgehead atoms. The molecule has 3 rings (SSSR count). The lowest BCUT2D eigenvalue weighted by molar-refractivity contribution is -0.124. The lowest BCUT2D eigenvalue weighted by atomic mass is 9.99. The number of aromatic hydroxyl groups is 1. The highest BCUT2D eigenvalue weighted by molar-refractivity contribution is 5.84. The average Bonchev–Trinajstić information content (AvgIpc) is 3.09. The van der Waals surface area contributed by atoms with Gasteiger partial charge in [-0.3, -0.25) is 4.79 Å². The summed E-state index contributed by atoms with van der Waals surface area (Å²) in [5.41, 5.74) is 2.71. The summed E-state index contributed by atoms with van der Waals surface area (Å²) in [6.45, 7) is 1.96. The van der Waals surface area contributed by atoms with Crippen LogP contribution in [0, 0.1) is 5.92 Å². The number of para-hydroxylation sites is 1. The molecule has 0 saturated carbocycles. The molecular formula is C21H24N2O4. The Morgan fingerprint density at radius 2 is 2.04 bits per heavy atom. The number of benzene rings is 2. The van der Waals surface area contributed by atoms with Gasteiger partial charge in [0.1, 0.15) is 0 Å². The van der Waals surface area contributed by atoms with Crippen LogP contribution in [0.4, 0.5) is 0 Å². The standard InChI is InChI=1S/C21H24N2O4/c1-13(9-15-11-22-17-6-4-3-5-16(15)17)21(26)23-12-19(25)14-7-8-18(24)20(10-14)27-2/h3-8,10-11,13,19,22,24-25H,9,12H2,1-2H3,(H,23,26). The summed E-state index contributed by atoms with van der Waals surface area (Å²) in [6.07, 6.45) is 1.66. The third-order valence-corrected chi connectivity index (χ3v) is 4.71. The number of aromatic nitrogens is 1. The van der Waals surface area contributed by atoms with E-state index >= 15 is 0 Å². The third-order valence-electron chi connectivity index (χ3n) is 4.71. The quantitative estimate of drug-likeness (QED) is 0.516. The number of methoxy groups -OCH3 is 1. The number of rotatable bonds is 7. The zero-order chi connectivity index (χ0) is 19.4. The number of fused-ring (bicyclic) bond motifs is 1. The van der Waals surface area contributed by atoms with Crippen LogP contribution in [-0.4, -0.2) is 34.8 Å². The predicted octanol–water partition coefficient (Wildman–Crippen LogP) is 2.91. The molecule has 0 spiro atoms. The molecule has 4 N–H and O–H groups in total. The van der Waals surface area contributed by atoms with E-state index in [0.717, 1.165) is 16.5 Å². The topological polar surface area (TPSA) is 94.6 Å². The van der Waals surface area contributed by atoms with Crippen molar-refractivity contribution in [2.75, 3.05) is 13.7 Å². The second-order valence-electron chi connectivity index (χ2n) is 6.66. The molecular weight excluding hydrogens is 344 g/mol. The molecule has 142 valence electrons. The van der Waals surface area contributed by atoms with Gasteiger partial charge in [0, 0.05) is 29.6 Å². The predicted molar refractivity (Wildman–Crippen MR) is 104 cm³/mol. The van der Waals surface area contributed by atoms with Crippen molar-refractivity contribution in [2.24, 2.45) is 5.92 Å². The molecule has 3 aromatic rings. The van der Waals surface area contributed by atoms with Gasteiger partial charge >= 0.3 is 0 Å². The maximum atomic E-state index is 12.4. The Morgan fingerprint density at radius 1 is 1.26 bits per heavy atom. The normalized spacial score (nSPS) is 13.3.